The molecule has 0 saturated carbocycles. The molecule has 0 unspecified atom stereocenters. The van der Waals surface area contributed by atoms with Crippen LogP contribution in [0.4, 0.5) is 0 Å². The van der Waals surface area contributed by atoms with Crippen molar-refractivity contribution in [2.75, 3.05) is 14.2 Å². The molecule has 0 N–H and O–H groups in total. The number of nitriles is 1. The van der Waals surface area contributed by atoms with Crippen LogP contribution in [0.1, 0.15) is 12.5 Å². The van der Waals surface area contributed by atoms with Crippen LogP contribution in [-0.2, 0) is 21.0 Å². The van der Waals surface area contributed by atoms with Crippen LogP contribution < -0.4 is 0 Å². The molecular formula is C13H14ClN5O3. The molecule has 1 aromatic heterocycles. The van der Waals surface area contributed by atoms with E-state index < -0.39 is 11.7 Å². The number of rotatable bonds is 5. The highest BCUT2D eigenvalue weighted by molar-refractivity contribution is 6.42. The summed E-state index contributed by atoms with van der Waals surface area (Å²) < 4.78 is 0. The Balaban J connectivity index is 2.64. The zero-order valence-corrected chi connectivity index (χ0v) is 13.0. The molecule has 116 valence electrons. The lowest BCUT2D eigenvalue weighted by Gasteiger charge is -2.17. The summed E-state index contributed by atoms with van der Waals surface area (Å²) in [5, 5.41) is 16.0. The highest BCUT2D eigenvalue weighted by atomic mass is 35.5. The summed E-state index contributed by atoms with van der Waals surface area (Å²) in [6.07, 6.45) is 1.64. The summed E-state index contributed by atoms with van der Waals surface area (Å²) >= 11 is 5.71. The van der Waals surface area contributed by atoms with Crippen molar-refractivity contribution in [2.45, 2.75) is 13.5 Å². The van der Waals surface area contributed by atoms with Gasteiger partial charge >= 0.3 is 5.97 Å². The lowest BCUT2D eigenvalue weighted by Crippen LogP contribution is -2.25. The Hall–Kier alpha value is -2.66. The molecule has 0 radical (unpaired) electrons. The number of nitrogens with zero attached hydrogens (tertiary/aromatic N) is 5. The third kappa shape index (κ3) is 5.38. The van der Waals surface area contributed by atoms with Crippen molar-refractivity contribution in [2.24, 2.45) is 10.3 Å². The van der Waals surface area contributed by atoms with Crippen LogP contribution in [0.25, 0.3) is 0 Å². The van der Waals surface area contributed by atoms with Gasteiger partial charge in [-0.05, 0) is 18.6 Å². The number of oxime groups is 2. The molecule has 9 heteroatoms. The highest BCUT2D eigenvalue weighted by Gasteiger charge is 2.14. The second-order valence-corrected chi connectivity index (χ2v) is 4.48. The number of hydrogen-bond donors (Lipinski definition) is 0. The Kier molecular flexibility index (Phi) is 6.79. The first-order valence-corrected chi connectivity index (χ1v) is 6.44. The molecule has 22 heavy (non-hydrogen) atoms. The largest absolute Gasteiger partial charge is 0.398 e. The SMILES string of the molecule is CO/N=C(\C#N)C(=O)O/N=C(\C)N(C)Cc1ccc(Cl)nc1. The molecule has 1 aromatic rings. The van der Waals surface area contributed by atoms with Crippen LogP contribution >= 0.6 is 11.6 Å². The summed E-state index contributed by atoms with van der Waals surface area (Å²) in [6, 6.07) is 5.05. The van der Waals surface area contributed by atoms with Crippen molar-refractivity contribution in [1.29, 1.82) is 5.26 Å². The fraction of sp³-hybridized carbons (Fsp3) is 0.308. The summed E-state index contributed by atoms with van der Waals surface area (Å²) in [6.45, 7) is 2.14. The van der Waals surface area contributed by atoms with Gasteiger partial charge in [0.1, 0.15) is 24.2 Å². The molecule has 1 heterocycles. The summed E-state index contributed by atoms with van der Waals surface area (Å²) in [4.78, 5) is 26.2. The molecule has 8 nitrogen and oxygen atoms in total. The van der Waals surface area contributed by atoms with E-state index in [1.54, 1.807) is 37.2 Å². The Bertz CT molecular complexity index is 622. The van der Waals surface area contributed by atoms with Crippen LogP contribution in [0.3, 0.4) is 0 Å². The van der Waals surface area contributed by atoms with E-state index in [0.717, 1.165) is 5.56 Å². The Labute approximate surface area is 132 Å². The third-order valence-electron chi connectivity index (χ3n) is 2.50. The lowest BCUT2D eigenvalue weighted by molar-refractivity contribution is -0.135. The maximum Gasteiger partial charge on any atom is 0.398 e. The molecule has 0 aliphatic carbocycles. The quantitative estimate of drug-likeness (QED) is 0.268. The van der Waals surface area contributed by atoms with E-state index >= 15 is 0 Å². The molecule has 1 rings (SSSR count). The maximum atomic E-state index is 11.5. The monoisotopic (exact) mass is 323 g/mol. The number of pyridine rings is 1. The van der Waals surface area contributed by atoms with E-state index in [2.05, 4.69) is 25.0 Å². The van der Waals surface area contributed by atoms with Gasteiger partial charge in [-0.25, -0.2) is 9.78 Å². The van der Waals surface area contributed by atoms with Gasteiger partial charge in [-0.1, -0.05) is 28.0 Å². The molecular weight excluding hydrogens is 310 g/mol. The molecule has 0 amide bonds. The van der Waals surface area contributed by atoms with Crippen molar-refractivity contribution >= 4 is 29.1 Å². The van der Waals surface area contributed by atoms with E-state index in [0.29, 0.717) is 17.5 Å². The van der Waals surface area contributed by atoms with Gasteiger partial charge in [-0.3, -0.25) is 0 Å². The van der Waals surface area contributed by atoms with E-state index in [4.69, 9.17) is 16.9 Å². The Morgan fingerprint density at radius 3 is 2.77 bits per heavy atom. The molecule has 0 spiro atoms. The predicted molar refractivity (Wildman–Crippen MR) is 80.0 cm³/mol. The normalized spacial score (nSPS) is 11.6. The van der Waals surface area contributed by atoms with Gasteiger partial charge in [0.25, 0.3) is 5.71 Å². The predicted octanol–water partition coefficient (Wildman–Crippen LogP) is 1.57. The van der Waals surface area contributed by atoms with Crippen molar-refractivity contribution in [3.63, 3.8) is 0 Å². The van der Waals surface area contributed by atoms with Crippen molar-refractivity contribution in [1.82, 2.24) is 9.88 Å². The van der Waals surface area contributed by atoms with Gasteiger partial charge < -0.3 is 14.6 Å². The van der Waals surface area contributed by atoms with Crippen LogP contribution in [0.2, 0.25) is 5.15 Å². The van der Waals surface area contributed by atoms with Crippen LogP contribution in [0, 0.1) is 11.3 Å². The summed E-state index contributed by atoms with van der Waals surface area (Å²) in [5.74, 6) is -0.566. The molecule has 0 aromatic carbocycles. The van der Waals surface area contributed by atoms with Gasteiger partial charge in [-0.15, -0.1) is 0 Å². The zero-order valence-electron chi connectivity index (χ0n) is 12.3. The minimum Gasteiger partial charge on any atom is -0.398 e. The van der Waals surface area contributed by atoms with Gasteiger partial charge in [0.15, 0.2) is 0 Å². The van der Waals surface area contributed by atoms with Crippen molar-refractivity contribution in [3.05, 3.63) is 29.0 Å². The van der Waals surface area contributed by atoms with Gasteiger partial charge in [-0.2, -0.15) is 5.26 Å². The summed E-state index contributed by atoms with van der Waals surface area (Å²) in [7, 11) is 2.97. The standard InChI is InChI=1S/C13H14ClN5O3/c1-9(17-22-13(20)11(6-15)18-21-3)19(2)8-10-4-5-12(14)16-7-10/h4-5,7H,8H2,1-3H3/b17-9+,18-11+. The first-order valence-electron chi connectivity index (χ1n) is 6.06. The van der Waals surface area contributed by atoms with E-state index in [9.17, 15) is 4.79 Å². The molecule has 0 atom stereocenters. The second-order valence-electron chi connectivity index (χ2n) is 4.10. The van der Waals surface area contributed by atoms with E-state index in [1.165, 1.54) is 7.11 Å². The second kappa shape index (κ2) is 8.59. The first kappa shape index (κ1) is 17.4. The van der Waals surface area contributed by atoms with Gasteiger partial charge in [0, 0.05) is 19.8 Å². The molecule has 0 aliphatic heterocycles. The van der Waals surface area contributed by atoms with Crippen molar-refractivity contribution in [3.8, 4) is 6.07 Å². The topological polar surface area (TPSA) is 100 Å². The van der Waals surface area contributed by atoms with Crippen LogP contribution in [0.5, 0.6) is 0 Å². The maximum absolute atomic E-state index is 11.5. The number of hydrogen-bond acceptors (Lipinski definition) is 7. The molecule has 0 bridgehead atoms. The minimum absolute atomic E-state index is 0.409. The van der Waals surface area contributed by atoms with Crippen LogP contribution in [-0.4, -0.2) is 41.6 Å². The number of aromatic nitrogens is 1. The van der Waals surface area contributed by atoms with Crippen molar-refractivity contribution < 1.29 is 14.5 Å². The minimum atomic E-state index is -0.995. The fourth-order valence-electron chi connectivity index (χ4n) is 1.30. The highest BCUT2D eigenvalue weighted by Crippen LogP contribution is 2.07. The third-order valence-corrected chi connectivity index (χ3v) is 2.73. The zero-order chi connectivity index (χ0) is 16.5. The Morgan fingerprint density at radius 1 is 1.50 bits per heavy atom. The smallest absolute Gasteiger partial charge is 0.398 e. The number of carbonyl (C=O) groups excluding carboxylic acids is 1. The average molecular weight is 324 g/mol. The lowest BCUT2D eigenvalue weighted by atomic mass is 10.3. The molecule has 0 fully saturated rings. The van der Waals surface area contributed by atoms with Gasteiger partial charge in [0.05, 0.1) is 0 Å². The number of halogens is 1. The first-order chi connectivity index (χ1) is 10.5. The number of carbonyl (C=O) groups is 1. The Morgan fingerprint density at radius 2 is 2.23 bits per heavy atom. The van der Waals surface area contributed by atoms with Crippen LogP contribution in [0.15, 0.2) is 28.6 Å². The van der Waals surface area contributed by atoms with E-state index in [-0.39, 0.29) is 0 Å². The molecule has 0 aliphatic rings. The van der Waals surface area contributed by atoms with E-state index in [1.807, 2.05) is 6.07 Å². The fourth-order valence-corrected chi connectivity index (χ4v) is 1.42. The van der Waals surface area contributed by atoms with Gasteiger partial charge in [0.2, 0.25) is 0 Å². The summed E-state index contributed by atoms with van der Waals surface area (Å²) in [5.41, 5.74) is 0.384. The average Bonchev–Trinajstić information content (AvgIpc) is 2.52. The number of amidine groups is 1. The molecule has 0 saturated heterocycles.